The molecule has 0 saturated heterocycles. The van der Waals surface area contributed by atoms with Crippen LogP contribution in [0.2, 0.25) is 0 Å². The fraction of sp³-hybridized carbons (Fsp3) is 0.900. The normalized spacial score (nSPS) is 11.1. The number of unbranched alkanes of at least 4 members (excludes halogenated alkanes) is 8. The SMILES string of the molecule is CC(C)(C)CCCCCC(=O)O.CC(C)(C)CCCCCC(=O)O.CC(C)(C)CCCCCC(=O)[O-].CC(C)(C)CCCCCC(=O)[O-].[Ba+2].[Cu]. The summed E-state index contributed by atoms with van der Waals surface area (Å²) in [6, 6.07) is 0. The second-order valence-corrected chi connectivity index (χ2v) is 18.0. The molecule has 0 aliphatic heterocycles. The van der Waals surface area contributed by atoms with Gasteiger partial charge in [-0.1, -0.05) is 134 Å². The van der Waals surface area contributed by atoms with Crippen LogP contribution in [0, 0.1) is 21.7 Å². The molecule has 0 fully saturated rings. The Bertz CT molecular complexity index is 683. The Labute approximate surface area is 359 Å². The van der Waals surface area contributed by atoms with Gasteiger partial charge in [0.15, 0.2) is 0 Å². The Morgan fingerprint density at radius 3 is 0.700 bits per heavy atom. The second-order valence-electron chi connectivity index (χ2n) is 18.0. The summed E-state index contributed by atoms with van der Waals surface area (Å²) in [7, 11) is 0. The number of carboxylic acids is 4. The minimum Gasteiger partial charge on any atom is -0.550 e. The first-order chi connectivity index (χ1) is 21.7. The van der Waals surface area contributed by atoms with E-state index < -0.39 is 23.9 Å². The Morgan fingerprint density at radius 2 is 0.560 bits per heavy atom. The van der Waals surface area contributed by atoms with Crippen LogP contribution in [0.3, 0.4) is 0 Å². The molecule has 10 heteroatoms. The molecule has 0 heterocycles. The van der Waals surface area contributed by atoms with E-state index in [-0.39, 0.29) is 78.8 Å². The maximum atomic E-state index is 10.2. The smallest absolute Gasteiger partial charge is 0.550 e. The van der Waals surface area contributed by atoms with Crippen molar-refractivity contribution in [3.05, 3.63) is 0 Å². The Morgan fingerprint density at radius 1 is 0.380 bits per heavy atom. The molecule has 0 atom stereocenters. The fourth-order valence-corrected chi connectivity index (χ4v) is 4.42. The van der Waals surface area contributed by atoms with Crippen LogP contribution in [-0.4, -0.2) is 83.0 Å². The largest absolute Gasteiger partial charge is 2.00 e. The van der Waals surface area contributed by atoms with Crippen molar-refractivity contribution in [2.24, 2.45) is 21.7 Å². The van der Waals surface area contributed by atoms with Gasteiger partial charge < -0.3 is 30.0 Å². The molecule has 0 aromatic rings. The van der Waals surface area contributed by atoms with E-state index in [9.17, 15) is 29.4 Å². The van der Waals surface area contributed by atoms with Gasteiger partial charge in [-0.05, 0) is 85.9 Å². The molecule has 1 radical (unpaired) electrons. The van der Waals surface area contributed by atoms with Crippen molar-refractivity contribution in [1.82, 2.24) is 0 Å². The van der Waals surface area contributed by atoms with Gasteiger partial charge in [0.1, 0.15) is 0 Å². The van der Waals surface area contributed by atoms with E-state index in [2.05, 4.69) is 83.1 Å². The number of hydrogen-bond donors (Lipinski definition) is 2. The van der Waals surface area contributed by atoms with E-state index in [0.717, 1.165) is 77.0 Å². The maximum absolute atomic E-state index is 10.2. The van der Waals surface area contributed by atoms with Gasteiger partial charge in [0.25, 0.3) is 0 Å². The summed E-state index contributed by atoms with van der Waals surface area (Å²) >= 11 is 0. The fourth-order valence-electron chi connectivity index (χ4n) is 4.42. The first-order valence-corrected chi connectivity index (χ1v) is 18.5. The van der Waals surface area contributed by atoms with Crippen molar-refractivity contribution in [3.8, 4) is 0 Å². The van der Waals surface area contributed by atoms with Crippen LogP contribution in [0.1, 0.15) is 212 Å². The number of aliphatic carboxylic acids is 4. The van der Waals surface area contributed by atoms with Gasteiger partial charge in [0.2, 0.25) is 0 Å². The van der Waals surface area contributed by atoms with E-state index in [1.165, 1.54) is 25.7 Å². The molecule has 0 aliphatic rings. The van der Waals surface area contributed by atoms with Gasteiger partial charge in [-0.15, -0.1) is 0 Å². The third-order valence-electron chi connectivity index (χ3n) is 7.25. The molecule has 0 unspecified atom stereocenters. The van der Waals surface area contributed by atoms with Crippen molar-refractivity contribution in [2.45, 2.75) is 212 Å². The molecule has 0 aliphatic carbocycles. The molecule has 0 amide bonds. The zero-order chi connectivity index (χ0) is 38.5. The van der Waals surface area contributed by atoms with Crippen molar-refractivity contribution in [2.75, 3.05) is 0 Å². The summed E-state index contributed by atoms with van der Waals surface area (Å²) in [5, 5.41) is 36.8. The molecule has 8 nitrogen and oxygen atoms in total. The summed E-state index contributed by atoms with van der Waals surface area (Å²) in [5.41, 5.74) is 1.54. The average Bonchev–Trinajstić information content (AvgIpc) is 2.85. The summed E-state index contributed by atoms with van der Waals surface area (Å²) < 4.78 is 0. The second kappa shape index (κ2) is 36.0. The van der Waals surface area contributed by atoms with Gasteiger partial charge >= 0.3 is 60.8 Å². The van der Waals surface area contributed by atoms with Crippen LogP contribution in [0.25, 0.3) is 0 Å². The molecule has 2 N–H and O–H groups in total. The van der Waals surface area contributed by atoms with Crippen molar-refractivity contribution >= 4 is 72.8 Å². The van der Waals surface area contributed by atoms with E-state index in [1.807, 2.05) is 0 Å². The van der Waals surface area contributed by atoms with E-state index in [0.29, 0.717) is 34.5 Å². The average molecular weight is 888 g/mol. The van der Waals surface area contributed by atoms with Gasteiger partial charge in [-0.2, -0.15) is 0 Å². The number of carbonyl (C=O) groups is 4. The molecule has 0 aromatic heterocycles. The maximum Gasteiger partial charge on any atom is 2.00 e. The van der Waals surface area contributed by atoms with Gasteiger partial charge in [-0.3, -0.25) is 9.59 Å². The molecule has 299 valence electrons. The zero-order valence-corrected chi connectivity index (χ0v) is 39.9. The predicted octanol–water partition coefficient (Wildman–Crippen LogP) is 9.22. The van der Waals surface area contributed by atoms with E-state index in [4.69, 9.17) is 10.2 Å². The summed E-state index contributed by atoms with van der Waals surface area (Å²) in [5.74, 6) is -3.20. The molecule has 0 aromatic carbocycles. The monoisotopic (exact) mass is 887 g/mol. The van der Waals surface area contributed by atoms with Gasteiger partial charge in [-0.25, -0.2) is 0 Å². The predicted molar refractivity (Wildman–Crippen MR) is 201 cm³/mol. The number of hydrogen-bond acceptors (Lipinski definition) is 6. The van der Waals surface area contributed by atoms with Crippen LogP contribution in [0.4, 0.5) is 0 Å². The van der Waals surface area contributed by atoms with Crippen molar-refractivity contribution in [1.29, 1.82) is 0 Å². The van der Waals surface area contributed by atoms with Crippen LogP contribution in [0.5, 0.6) is 0 Å². The minimum atomic E-state index is -0.925. The van der Waals surface area contributed by atoms with Crippen LogP contribution in [-0.2, 0) is 36.2 Å². The van der Waals surface area contributed by atoms with E-state index in [1.54, 1.807) is 0 Å². The van der Waals surface area contributed by atoms with Gasteiger partial charge in [0, 0.05) is 41.8 Å². The summed E-state index contributed by atoms with van der Waals surface area (Å²) in [6.45, 7) is 26.5. The third-order valence-corrected chi connectivity index (χ3v) is 7.25. The third kappa shape index (κ3) is 81.8. The quantitative estimate of drug-likeness (QED) is 0.0906. The van der Waals surface area contributed by atoms with Gasteiger partial charge in [0.05, 0.1) is 0 Å². The molecule has 0 saturated carbocycles. The number of carboxylic acid groups (broad SMARTS) is 4. The molecular formula is C40H78BaCuO8. The van der Waals surface area contributed by atoms with Crippen LogP contribution in [0.15, 0.2) is 0 Å². The Balaban J connectivity index is -0.000000127. The van der Waals surface area contributed by atoms with E-state index >= 15 is 0 Å². The topological polar surface area (TPSA) is 155 Å². The Hall–Kier alpha value is -0.0291. The Kier molecular flexibility index (Phi) is 44.6. The van der Waals surface area contributed by atoms with Crippen molar-refractivity contribution in [3.63, 3.8) is 0 Å². The number of carbonyl (C=O) groups excluding carboxylic acids is 2. The first kappa shape index (κ1) is 62.0. The zero-order valence-electron chi connectivity index (χ0n) is 34.5. The summed E-state index contributed by atoms with van der Waals surface area (Å²) in [6.07, 6.45) is 17.6. The van der Waals surface area contributed by atoms with Crippen LogP contribution < -0.4 is 10.2 Å². The van der Waals surface area contributed by atoms with Crippen molar-refractivity contribution < 1.29 is 56.7 Å². The molecule has 0 rings (SSSR count). The molecule has 0 spiro atoms. The standard InChI is InChI=1S/4C10H20O2.Ba.Cu/c4*1-10(2,3)8-6-4-5-7-9(11)12;;/h4*4-8H2,1-3H3,(H,11,12);;/q;;;;+2;/p-2. The minimum absolute atomic E-state index is 0. The molecule has 50 heavy (non-hydrogen) atoms. The first-order valence-electron chi connectivity index (χ1n) is 18.5. The summed E-state index contributed by atoms with van der Waals surface area (Å²) in [4.78, 5) is 40.4. The molecular weight excluding hydrogens is 809 g/mol. The molecule has 0 bridgehead atoms. The van der Waals surface area contributed by atoms with Crippen LogP contribution >= 0.6 is 0 Å². The number of rotatable bonds is 20.